The van der Waals surface area contributed by atoms with Crippen molar-refractivity contribution in [1.29, 1.82) is 0 Å². The van der Waals surface area contributed by atoms with Crippen LogP contribution in [-0.2, 0) is 0 Å². The van der Waals surface area contributed by atoms with E-state index in [0.29, 0.717) is 12.1 Å². The predicted molar refractivity (Wildman–Crippen MR) is 109 cm³/mol. The smallest absolute Gasteiger partial charge is 0.0101 e. The molecule has 0 spiro atoms. The summed E-state index contributed by atoms with van der Waals surface area (Å²) >= 11 is 0. The molecule has 2 nitrogen and oxygen atoms in total. The Morgan fingerprint density at radius 3 is 1.58 bits per heavy atom. The van der Waals surface area contributed by atoms with Gasteiger partial charge in [-0.15, -0.1) is 0 Å². The van der Waals surface area contributed by atoms with Crippen LogP contribution in [0, 0.1) is 17.8 Å². The van der Waals surface area contributed by atoms with Crippen molar-refractivity contribution in [3.63, 3.8) is 0 Å². The first-order valence-electron chi connectivity index (χ1n) is 10.7. The van der Waals surface area contributed by atoms with E-state index < -0.39 is 0 Å². The Hall–Kier alpha value is -0.0800. The Balaban J connectivity index is 0.000000254. The Kier molecular flexibility index (Phi) is 9.89. The molecule has 2 fully saturated rings. The SMILES string of the molecule is CC(C)C1CCN(C)CC1.CC1CCC(N(C(C)C)C(C)C)CC1. The number of rotatable bonds is 4. The zero-order valence-electron chi connectivity index (χ0n) is 18.0. The Bertz CT molecular complexity index is 300. The largest absolute Gasteiger partial charge is 0.306 e. The van der Waals surface area contributed by atoms with E-state index in [2.05, 4.69) is 65.3 Å². The van der Waals surface area contributed by atoms with Crippen molar-refractivity contribution in [2.45, 2.75) is 105 Å². The number of nitrogens with zero attached hydrogens (tertiary/aromatic N) is 2. The van der Waals surface area contributed by atoms with Crippen LogP contribution in [0.4, 0.5) is 0 Å². The van der Waals surface area contributed by atoms with Crippen molar-refractivity contribution in [1.82, 2.24) is 9.80 Å². The number of hydrogen-bond donors (Lipinski definition) is 0. The van der Waals surface area contributed by atoms with Gasteiger partial charge in [0.25, 0.3) is 0 Å². The molecule has 2 heteroatoms. The zero-order valence-corrected chi connectivity index (χ0v) is 18.0. The molecule has 0 radical (unpaired) electrons. The second-order valence-electron chi connectivity index (χ2n) is 9.43. The van der Waals surface area contributed by atoms with Gasteiger partial charge in [-0.05, 0) is 104 Å². The maximum Gasteiger partial charge on any atom is 0.0101 e. The summed E-state index contributed by atoms with van der Waals surface area (Å²) < 4.78 is 0. The van der Waals surface area contributed by atoms with Crippen LogP contribution in [0.15, 0.2) is 0 Å². The summed E-state index contributed by atoms with van der Waals surface area (Å²) in [6.45, 7) is 19.0. The molecule has 24 heavy (non-hydrogen) atoms. The molecule has 0 N–H and O–H groups in total. The molecule has 1 heterocycles. The maximum absolute atomic E-state index is 2.70. The lowest BCUT2D eigenvalue weighted by atomic mass is 9.85. The molecule has 2 aliphatic rings. The van der Waals surface area contributed by atoms with E-state index in [1.54, 1.807) is 0 Å². The molecule has 0 unspecified atom stereocenters. The average molecular weight is 339 g/mol. The van der Waals surface area contributed by atoms with Crippen molar-refractivity contribution in [3.05, 3.63) is 0 Å². The van der Waals surface area contributed by atoms with Crippen LogP contribution in [-0.4, -0.2) is 48.1 Å². The summed E-state index contributed by atoms with van der Waals surface area (Å²) in [5.41, 5.74) is 0. The van der Waals surface area contributed by atoms with Crippen molar-refractivity contribution in [3.8, 4) is 0 Å². The molecule has 0 bridgehead atoms. The van der Waals surface area contributed by atoms with E-state index in [1.807, 2.05) is 0 Å². The van der Waals surface area contributed by atoms with Crippen LogP contribution < -0.4 is 0 Å². The van der Waals surface area contributed by atoms with Crippen molar-refractivity contribution in [2.24, 2.45) is 17.8 Å². The summed E-state index contributed by atoms with van der Waals surface area (Å²) in [4.78, 5) is 5.13. The third kappa shape index (κ3) is 7.44. The normalized spacial score (nSPS) is 27.0. The van der Waals surface area contributed by atoms with E-state index in [4.69, 9.17) is 0 Å². The van der Waals surface area contributed by atoms with Gasteiger partial charge in [-0.1, -0.05) is 20.8 Å². The Morgan fingerprint density at radius 2 is 1.21 bits per heavy atom. The van der Waals surface area contributed by atoms with Gasteiger partial charge in [0.2, 0.25) is 0 Å². The summed E-state index contributed by atoms with van der Waals surface area (Å²) in [6, 6.07) is 2.26. The lowest BCUT2D eigenvalue weighted by molar-refractivity contribution is 0.0767. The molecule has 1 saturated heterocycles. The van der Waals surface area contributed by atoms with Gasteiger partial charge in [0.1, 0.15) is 0 Å². The van der Waals surface area contributed by atoms with Crippen LogP contribution >= 0.6 is 0 Å². The molecule has 0 aromatic heterocycles. The van der Waals surface area contributed by atoms with Gasteiger partial charge in [-0.3, -0.25) is 4.90 Å². The van der Waals surface area contributed by atoms with Crippen molar-refractivity contribution in [2.75, 3.05) is 20.1 Å². The topological polar surface area (TPSA) is 6.48 Å². The van der Waals surface area contributed by atoms with Gasteiger partial charge in [-0.25, -0.2) is 0 Å². The standard InChI is InChI=1S/C13H27N.C9H19N/c1-10(2)14(11(3)4)13-8-6-12(5)7-9-13;1-8(2)9-4-6-10(3)7-5-9/h10-13H,6-9H2,1-5H3;8-9H,4-7H2,1-3H3. The minimum absolute atomic E-state index is 0.702. The van der Waals surface area contributed by atoms with Crippen LogP contribution in [0.5, 0.6) is 0 Å². The first kappa shape index (κ1) is 22.0. The third-order valence-corrected chi connectivity index (χ3v) is 6.31. The highest BCUT2D eigenvalue weighted by Gasteiger charge is 2.27. The molecule has 1 saturated carbocycles. The van der Waals surface area contributed by atoms with Gasteiger partial charge in [0, 0.05) is 18.1 Å². The fourth-order valence-corrected chi connectivity index (χ4v) is 4.68. The van der Waals surface area contributed by atoms with Crippen LogP contribution in [0.25, 0.3) is 0 Å². The van der Waals surface area contributed by atoms with Crippen LogP contribution in [0.2, 0.25) is 0 Å². The number of hydrogen-bond acceptors (Lipinski definition) is 2. The number of likely N-dealkylation sites (tertiary alicyclic amines) is 1. The predicted octanol–water partition coefficient (Wildman–Crippen LogP) is 5.67. The Labute approximate surface area is 153 Å². The first-order valence-corrected chi connectivity index (χ1v) is 10.7. The second kappa shape index (κ2) is 10.8. The van der Waals surface area contributed by atoms with Gasteiger partial charge < -0.3 is 4.90 Å². The molecule has 0 atom stereocenters. The minimum atomic E-state index is 0.702. The quantitative estimate of drug-likeness (QED) is 0.652. The molecule has 0 aromatic rings. The third-order valence-electron chi connectivity index (χ3n) is 6.31. The van der Waals surface area contributed by atoms with E-state index in [0.717, 1.165) is 23.8 Å². The zero-order chi connectivity index (χ0) is 18.3. The molecular formula is C22H46N2. The lowest BCUT2D eigenvalue weighted by Gasteiger charge is -2.41. The summed E-state index contributed by atoms with van der Waals surface area (Å²) in [5, 5.41) is 0. The second-order valence-corrected chi connectivity index (χ2v) is 9.43. The van der Waals surface area contributed by atoms with E-state index in [1.165, 1.54) is 51.6 Å². The summed E-state index contributed by atoms with van der Waals surface area (Å²) in [7, 11) is 2.22. The lowest BCUT2D eigenvalue weighted by Crippen LogP contribution is -2.46. The summed E-state index contributed by atoms with van der Waals surface area (Å²) in [5.74, 6) is 2.86. The fraction of sp³-hybridized carbons (Fsp3) is 1.00. The molecule has 0 aromatic carbocycles. The van der Waals surface area contributed by atoms with E-state index >= 15 is 0 Å². The van der Waals surface area contributed by atoms with Gasteiger partial charge >= 0.3 is 0 Å². The fourth-order valence-electron chi connectivity index (χ4n) is 4.68. The monoisotopic (exact) mass is 338 g/mol. The highest BCUT2D eigenvalue weighted by molar-refractivity contribution is 4.82. The minimum Gasteiger partial charge on any atom is -0.306 e. The van der Waals surface area contributed by atoms with E-state index in [-0.39, 0.29) is 0 Å². The van der Waals surface area contributed by atoms with Crippen LogP contribution in [0.1, 0.15) is 87.0 Å². The van der Waals surface area contributed by atoms with Gasteiger partial charge in [0.15, 0.2) is 0 Å². The molecule has 1 aliphatic heterocycles. The summed E-state index contributed by atoms with van der Waals surface area (Å²) in [6.07, 6.45) is 8.51. The molecule has 1 aliphatic carbocycles. The molecule has 144 valence electrons. The van der Waals surface area contributed by atoms with Gasteiger partial charge in [-0.2, -0.15) is 0 Å². The highest BCUT2D eigenvalue weighted by atomic mass is 15.2. The average Bonchev–Trinajstić information content (AvgIpc) is 2.50. The van der Waals surface area contributed by atoms with E-state index in [9.17, 15) is 0 Å². The number of piperidine rings is 1. The van der Waals surface area contributed by atoms with Crippen LogP contribution in [0.3, 0.4) is 0 Å². The van der Waals surface area contributed by atoms with Gasteiger partial charge in [0.05, 0.1) is 0 Å². The molecule has 2 rings (SSSR count). The molecule has 0 amide bonds. The maximum atomic E-state index is 2.70. The van der Waals surface area contributed by atoms with Crippen molar-refractivity contribution < 1.29 is 0 Å². The van der Waals surface area contributed by atoms with Crippen molar-refractivity contribution >= 4 is 0 Å². The molecular weight excluding hydrogens is 292 g/mol. The Morgan fingerprint density at radius 1 is 0.750 bits per heavy atom. The first-order chi connectivity index (χ1) is 11.2. The highest BCUT2D eigenvalue weighted by Crippen LogP contribution is 2.29.